The number of hydrogen-bond donors (Lipinski definition) is 1. The highest BCUT2D eigenvalue weighted by Gasteiger charge is 2.26. The summed E-state index contributed by atoms with van der Waals surface area (Å²) >= 11 is 0. The molecule has 0 aliphatic carbocycles. The van der Waals surface area contributed by atoms with Gasteiger partial charge in [0.2, 0.25) is 0 Å². The van der Waals surface area contributed by atoms with E-state index in [1.54, 1.807) is 0 Å². The van der Waals surface area contributed by atoms with Crippen LogP contribution in [0.4, 0.5) is 0 Å². The van der Waals surface area contributed by atoms with Gasteiger partial charge in [0.25, 0.3) is 0 Å². The highest BCUT2D eigenvalue weighted by atomic mass is 15.1. The first kappa shape index (κ1) is 15.4. The molecule has 0 aromatic rings. The van der Waals surface area contributed by atoms with E-state index in [9.17, 15) is 5.26 Å². The number of nitrogens with zero attached hydrogens (tertiary/aromatic N) is 2. The van der Waals surface area contributed by atoms with E-state index >= 15 is 0 Å². The second-order valence-electron chi connectivity index (χ2n) is 6.10. The van der Waals surface area contributed by atoms with Crippen LogP contribution in [0.15, 0.2) is 0 Å². The van der Waals surface area contributed by atoms with Gasteiger partial charge in [-0.3, -0.25) is 5.32 Å². The molecule has 3 nitrogen and oxygen atoms in total. The van der Waals surface area contributed by atoms with Gasteiger partial charge in [0.1, 0.15) is 5.54 Å². The summed E-state index contributed by atoms with van der Waals surface area (Å²) in [6.07, 6.45) is 1.06. The van der Waals surface area contributed by atoms with E-state index in [1.807, 2.05) is 6.92 Å². The van der Waals surface area contributed by atoms with Crippen molar-refractivity contribution in [2.75, 3.05) is 26.7 Å². The quantitative estimate of drug-likeness (QED) is 0.753. The number of nitrogens with one attached hydrogen (secondary N) is 1. The van der Waals surface area contributed by atoms with Gasteiger partial charge in [0, 0.05) is 13.1 Å². The maximum absolute atomic E-state index is 9.22. The molecule has 1 N–H and O–H groups in total. The molecule has 0 spiro atoms. The smallest absolute Gasteiger partial charge is 0.116 e. The molecule has 0 bridgehead atoms. The average molecular weight is 225 g/mol. The lowest BCUT2D eigenvalue weighted by Gasteiger charge is -2.32. The van der Waals surface area contributed by atoms with E-state index < -0.39 is 5.54 Å². The summed E-state index contributed by atoms with van der Waals surface area (Å²) in [7, 11) is 2.08. The summed E-state index contributed by atoms with van der Waals surface area (Å²) in [5, 5.41) is 12.5. The van der Waals surface area contributed by atoms with Crippen LogP contribution in [0.1, 0.15) is 41.0 Å². The van der Waals surface area contributed by atoms with Crippen LogP contribution in [0.5, 0.6) is 0 Å². The lowest BCUT2D eigenvalue weighted by Crippen LogP contribution is -2.50. The van der Waals surface area contributed by atoms with Crippen molar-refractivity contribution in [3.05, 3.63) is 0 Å². The van der Waals surface area contributed by atoms with E-state index in [0.717, 1.165) is 26.1 Å². The van der Waals surface area contributed by atoms with Crippen molar-refractivity contribution in [3.8, 4) is 6.07 Å². The monoisotopic (exact) mass is 225 g/mol. The second-order valence-corrected chi connectivity index (χ2v) is 6.10. The molecule has 94 valence electrons. The Morgan fingerprint density at radius 2 is 1.75 bits per heavy atom. The van der Waals surface area contributed by atoms with E-state index in [1.165, 1.54) is 0 Å². The van der Waals surface area contributed by atoms with Gasteiger partial charge in [-0.15, -0.1) is 0 Å². The minimum absolute atomic E-state index is 0.274. The SMILES string of the molecule is CCCNC(C)(C#N)CN(C)CC(C)(C)C. The largest absolute Gasteiger partial charge is 0.303 e. The molecule has 0 amide bonds. The van der Waals surface area contributed by atoms with Crippen molar-refractivity contribution in [3.63, 3.8) is 0 Å². The fourth-order valence-electron chi connectivity index (χ4n) is 1.94. The number of nitriles is 1. The molecule has 0 heterocycles. The molecule has 0 aliphatic heterocycles. The molecule has 0 aromatic carbocycles. The number of rotatable bonds is 6. The van der Waals surface area contributed by atoms with Crippen molar-refractivity contribution in [2.24, 2.45) is 5.41 Å². The summed E-state index contributed by atoms with van der Waals surface area (Å²) in [5.41, 5.74) is -0.161. The second kappa shape index (κ2) is 6.22. The maximum atomic E-state index is 9.22. The zero-order valence-corrected chi connectivity index (χ0v) is 11.7. The van der Waals surface area contributed by atoms with Crippen LogP contribution < -0.4 is 5.32 Å². The predicted octanol–water partition coefficient (Wildman–Crippen LogP) is 2.25. The molecular formula is C13H27N3. The molecule has 1 atom stereocenters. The molecule has 0 fully saturated rings. The molecule has 3 heteroatoms. The van der Waals surface area contributed by atoms with Crippen LogP contribution in [0.25, 0.3) is 0 Å². The van der Waals surface area contributed by atoms with Gasteiger partial charge in [0.05, 0.1) is 6.07 Å². The van der Waals surface area contributed by atoms with Crippen LogP contribution >= 0.6 is 0 Å². The molecule has 0 saturated carbocycles. The number of likely N-dealkylation sites (N-methyl/N-ethyl adjacent to an activating group) is 1. The van der Waals surface area contributed by atoms with Gasteiger partial charge in [-0.1, -0.05) is 27.7 Å². The third-order valence-corrected chi connectivity index (χ3v) is 2.34. The zero-order chi connectivity index (χ0) is 12.8. The van der Waals surface area contributed by atoms with Crippen molar-refractivity contribution in [2.45, 2.75) is 46.6 Å². The predicted molar refractivity (Wildman–Crippen MR) is 69.3 cm³/mol. The Kier molecular flexibility index (Phi) is 5.99. The Morgan fingerprint density at radius 3 is 2.12 bits per heavy atom. The van der Waals surface area contributed by atoms with E-state index in [0.29, 0.717) is 0 Å². The Hall–Kier alpha value is -0.590. The first-order valence-corrected chi connectivity index (χ1v) is 6.07. The fourth-order valence-corrected chi connectivity index (χ4v) is 1.94. The Bertz CT molecular complexity index is 237. The highest BCUT2D eigenvalue weighted by molar-refractivity contribution is 5.05. The van der Waals surface area contributed by atoms with Crippen LogP contribution in [0, 0.1) is 16.7 Å². The molecule has 16 heavy (non-hydrogen) atoms. The summed E-state index contributed by atoms with van der Waals surface area (Å²) < 4.78 is 0. The third-order valence-electron chi connectivity index (χ3n) is 2.34. The Balaban J connectivity index is 4.26. The molecule has 0 rings (SSSR count). The first-order valence-electron chi connectivity index (χ1n) is 6.07. The lowest BCUT2D eigenvalue weighted by atomic mass is 9.95. The summed E-state index contributed by atoms with van der Waals surface area (Å²) in [6, 6.07) is 2.38. The Morgan fingerprint density at radius 1 is 1.19 bits per heavy atom. The minimum Gasteiger partial charge on any atom is -0.303 e. The van der Waals surface area contributed by atoms with Gasteiger partial charge in [0.15, 0.2) is 0 Å². The zero-order valence-electron chi connectivity index (χ0n) is 11.7. The average Bonchev–Trinajstić information content (AvgIpc) is 2.11. The van der Waals surface area contributed by atoms with Crippen molar-refractivity contribution in [1.82, 2.24) is 10.2 Å². The van der Waals surface area contributed by atoms with E-state index in [2.05, 4.69) is 51.0 Å². The summed E-state index contributed by atoms with van der Waals surface area (Å²) in [5.74, 6) is 0. The van der Waals surface area contributed by atoms with Gasteiger partial charge in [-0.2, -0.15) is 5.26 Å². The topological polar surface area (TPSA) is 39.1 Å². The van der Waals surface area contributed by atoms with Crippen molar-refractivity contribution < 1.29 is 0 Å². The van der Waals surface area contributed by atoms with Crippen LogP contribution in [0.2, 0.25) is 0 Å². The lowest BCUT2D eigenvalue weighted by molar-refractivity contribution is 0.193. The van der Waals surface area contributed by atoms with Gasteiger partial charge in [-0.25, -0.2) is 0 Å². The molecule has 1 unspecified atom stereocenters. The molecule has 0 saturated heterocycles. The first-order chi connectivity index (χ1) is 7.22. The third kappa shape index (κ3) is 6.81. The fraction of sp³-hybridized carbons (Fsp3) is 0.923. The van der Waals surface area contributed by atoms with E-state index in [4.69, 9.17) is 0 Å². The number of hydrogen-bond acceptors (Lipinski definition) is 3. The molecule has 0 radical (unpaired) electrons. The van der Waals surface area contributed by atoms with Crippen LogP contribution in [-0.4, -0.2) is 37.1 Å². The Labute approximate surface area is 101 Å². The van der Waals surface area contributed by atoms with Crippen molar-refractivity contribution in [1.29, 1.82) is 5.26 Å². The maximum Gasteiger partial charge on any atom is 0.116 e. The summed E-state index contributed by atoms with van der Waals surface area (Å²) in [4.78, 5) is 2.23. The molecule has 0 aliphatic rings. The van der Waals surface area contributed by atoms with E-state index in [-0.39, 0.29) is 5.41 Å². The molecule has 0 aromatic heterocycles. The normalized spacial score (nSPS) is 15.9. The summed E-state index contributed by atoms with van der Waals surface area (Å²) in [6.45, 7) is 13.4. The minimum atomic E-state index is -0.435. The van der Waals surface area contributed by atoms with Crippen LogP contribution in [0.3, 0.4) is 0 Å². The highest BCUT2D eigenvalue weighted by Crippen LogP contribution is 2.15. The van der Waals surface area contributed by atoms with Gasteiger partial charge in [-0.05, 0) is 32.4 Å². The standard InChI is InChI=1S/C13H27N3/c1-7-8-15-13(5,9-14)11-16(6)10-12(2,3)4/h15H,7-8,10-11H2,1-6H3. The van der Waals surface area contributed by atoms with Gasteiger partial charge >= 0.3 is 0 Å². The van der Waals surface area contributed by atoms with Crippen LogP contribution in [-0.2, 0) is 0 Å². The van der Waals surface area contributed by atoms with Gasteiger partial charge < -0.3 is 4.90 Å². The molecular weight excluding hydrogens is 198 g/mol. The van der Waals surface area contributed by atoms with Crippen molar-refractivity contribution >= 4 is 0 Å².